The molecule has 1 saturated carbocycles. The monoisotopic (exact) mass is 285 g/mol. The van der Waals surface area contributed by atoms with Gasteiger partial charge in [-0.25, -0.2) is 0 Å². The van der Waals surface area contributed by atoms with Gasteiger partial charge in [0, 0.05) is 18.1 Å². The first-order valence-corrected chi connectivity index (χ1v) is 6.71. The second-order valence-corrected chi connectivity index (χ2v) is 5.07. The second-order valence-electron chi connectivity index (χ2n) is 4.51. The van der Waals surface area contributed by atoms with Crippen molar-refractivity contribution < 1.29 is 4.79 Å². The summed E-state index contributed by atoms with van der Waals surface area (Å²) >= 11 is 3.56. The van der Waals surface area contributed by atoms with Crippen LogP contribution in [0.25, 0.3) is 0 Å². The highest BCUT2D eigenvalue weighted by Gasteiger charge is 2.33. The van der Waals surface area contributed by atoms with Gasteiger partial charge in [-0.05, 0) is 18.3 Å². The number of halogens is 1. The molecule has 88 valence electrons. The standard InChI is InChI=1S/C11H16BrN3O/c12-7-11(3-1-2-4-11)8-13-10(16)9-5-14-15-6-9/h5-6H,1-4,7-8H2,(H,13,16)(H,14,15). The predicted octanol–water partition coefficient (Wildman–Crippen LogP) is 2.09. The van der Waals surface area contributed by atoms with Gasteiger partial charge in [0.05, 0.1) is 11.8 Å². The maximum Gasteiger partial charge on any atom is 0.254 e. The van der Waals surface area contributed by atoms with E-state index in [0.717, 1.165) is 11.9 Å². The van der Waals surface area contributed by atoms with Gasteiger partial charge in [-0.3, -0.25) is 9.89 Å². The number of carbonyl (C=O) groups is 1. The number of amides is 1. The van der Waals surface area contributed by atoms with Gasteiger partial charge in [-0.15, -0.1) is 0 Å². The minimum Gasteiger partial charge on any atom is -0.351 e. The summed E-state index contributed by atoms with van der Waals surface area (Å²) in [6.45, 7) is 0.752. The van der Waals surface area contributed by atoms with Gasteiger partial charge in [0.15, 0.2) is 0 Å². The van der Waals surface area contributed by atoms with Crippen molar-refractivity contribution in [2.75, 3.05) is 11.9 Å². The lowest BCUT2D eigenvalue weighted by Gasteiger charge is -2.26. The van der Waals surface area contributed by atoms with Gasteiger partial charge in [0.2, 0.25) is 0 Å². The van der Waals surface area contributed by atoms with Crippen LogP contribution in [-0.4, -0.2) is 28.0 Å². The SMILES string of the molecule is O=C(NCC1(CBr)CCCC1)c1cn[nH]c1. The van der Waals surface area contributed by atoms with E-state index in [1.807, 2.05) is 0 Å². The summed E-state index contributed by atoms with van der Waals surface area (Å²) in [5.41, 5.74) is 0.863. The second kappa shape index (κ2) is 4.99. The van der Waals surface area contributed by atoms with E-state index in [-0.39, 0.29) is 11.3 Å². The van der Waals surface area contributed by atoms with Crippen LogP contribution in [0.3, 0.4) is 0 Å². The summed E-state index contributed by atoms with van der Waals surface area (Å²) < 4.78 is 0. The van der Waals surface area contributed by atoms with E-state index in [1.165, 1.54) is 25.7 Å². The van der Waals surface area contributed by atoms with Crippen LogP contribution in [0.4, 0.5) is 0 Å². The molecule has 1 aliphatic carbocycles. The molecule has 1 fully saturated rings. The van der Waals surface area contributed by atoms with Crippen LogP contribution >= 0.6 is 15.9 Å². The number of rotatable bonds is 4. The highest BCUT2D eigenvalue weighted by Crippen LogP contribution is 2.38. The van der Waals surface area contributed by atoms with E-state index in [1.54, 1.807) is 12.4 Å². The quantitative estimate of drug-likeness (QED) is 0.833. The number of hydrogen-bond acceptors (Lipinski definition) is 2. The molecule has 0 spiro atoms. The third-order valence-electron chi connectivity index (χ3n) is 3.33. The Kier molecular flexibility index (Phi) is 3.63. The molecule has 1 aromatic heterocycles. The highest BCUT2D eigenvalue weighted by atomic mass is 79.9. The average molecular weight is 286 g/mol. The molecule has 0 saturated heterocycles. The van der Waals surface area contributed by atoms with Crippen molar-refractivity contribution in [1.29, 1.82) is 0 Å². The molecule has 1 aliphatic rings. The molecule has 1 aromatic rings. The van der Waals surface area contributed by atoms with Crippen molar-refractivity contribution in [2.45, 2.75) is 25.7 Å². The normalized spacial score (nSPS) is 18.6. The number of nitrogens with zero attached hydrogens (tertiary/aromatic N) is 1. The van der Waals surface area contributed by atoms with E-state index in [9.17, 15) is 4.79 Å². The Labute approximate surface area is 103 Å². The van der Waals surface area contributed by atoms with Crippen LogP contribution in [0, 0.1) is 5.41 Å². The Morgan fingerprint density at radius 3 is 2.88 bits per heavy atom. The number of aromatic amines is 1. The van der Waals surface area contributed by atoms with E-state index in [2.05, 4.69) is 31.4 Å². The summed E-state index contributed by atoms with van der Waals surface area (Å²) in [6, 6.07) is 0. The Morgan fingerprint density at radius 2 is 2.31 bits per heavy atom. The molecule has 2 N–H and O–H groups in total. The summed E-state index contributed by atoms with van der Waals surface area (Å²) in [6.07, 6.45) is 8.10. The fourth-order valence-corrected chi connectivity index (χ4v) is 2.99. The number of aromatic nitrogens is 2. The average Bonchev–Trinajstić information content (AvgIpc) is 2.98. The highest BCUT2D eigenvalue weighted by molar-refractivity contribution is 9.09. The maximum absolute atomic E-state index is 11.7. The molecule has 0 aromatic carbocycles. The third kappa shape index (κ3) is 2.45. The van der Waals surface area contributed by atoms with Crippen molar-refractivity contribution >= 4 is 21.8 Å². The van der Waals surface area contributed by atoms with Crippen molar-refractivity contribution in [3.63, 3.8) is 0 Å². The van der Waals surface area contributed by atoms with Gasteiger partial charge < -0.3 is 5.32 Å². The third-order valence-corrected chi connectivity index (χ3v) is 4.52. The van der Waals surface area contributed by atoms with Gasteiger partial charge in [-0.1, -0.05) is 28.8 Å². The van der Waals surface area contributed by atoms with Crippen molar-refractivity contribution in [3.8, 4) is 0 Å². The van der Waals surface area contributed by atoms with Crippen molar-refractivity contribution in [3.05, 3.63) is 18.0 Å². The molecule has 16 heavy (non-hydrogen) atoms. The molecular formula is C11H16BrN3O. The van der Waals surface area contributed by atoms with Crippen molar-refractivity contribution in [2.24, 2.45) is 5.41 Å². The minimum atomic E-state index is -0.0408. The number of hydrogen-bond donors (Lipinski definition) is 2. The largest absolute Gasteiger partial charge is 0.351 e. The Morgan fingerprint density at radius 1 is 1.56 bits per heavy atom. The topological polar surface area (TPSA) is 57.8 Å². The summed E-state index contributed by atoms with van der Waals surface area (Å²) in [4.78, 5) is 11.7. The minimum absolute atomic E-state index is 0.0408. The fraction of sp³-hybridized carbons (Fsp3) is 0.636. The molecule has 0 atom stereocenters. The van der Waals surface area contributed by atoms with Gasteiger partial charge in [-0.2, -0.15) is 5.10 Å². The lowest BCUT2D eigenvalue weighted by molar-refractivity contribution is 0.0935. The first-order valence-electron chi connectivity index (χ1n) is 5.59. The van der Waals surface area contributed by atoms with Gasteiger partial charge >= 0.3 is 0 Å². The first kappa shape index (κ1) is 11.6. The molecule has 1 amide bonds. The van der Waals surface area contributed by atoms with Crippen LogP contribution in [0.2, 0.25) is 0 Å². The van der Waals surface area contributed by atoms with E-state index < -0.39 is 0 Å². The Hall–Kier alpha value is -0.840. The zero-order valence-corrected chi connectivity index (χ0v) is 10.7. The number of nitrogens with one attached hydrogen (secondary N) is 2. The first-order chi connectivity index (χ1) is 7.76. The van der Waals surface area contributed by atoms with Crippen molar-refractivity contribution in [1.82, 2.24) is 15.5 Å². The molecule has 4 nitrogen and oxygen atoms in total. The predicted molar refractivity (Wildman–Crippen MR) is 65.6 cm³/mol. The van der Waals surface area contributed by atoms with E-state index >= 15 is 0 Å². The molecule has 2 rings (SSSR count). The van der Waals surface area contributed by atoms with Crippen LogP contribution in [-0.2, 0) is 0 Å². The summed E-state index contributed by atoms with van der Waals surface area (Å²) in [5.74, 6) is -0.0408. The lowest BCUT2D eigenvalue weighted by Crippen LogP contribution is -2.36. The van der Waals surface area contributed by atoms with Crippen LogP contribution in [0.15, 0.2) is 12.4 Å². The van der Waals surface area contributed by atoms with E-state index in [4.69, 9.17) is 0 Å². The van der Waals surface area contributed by atoms with Gasteiger partial charge in [0.25, 0.3) is 5.91 Å². The number of H-pyrrole nitrogens is 1. The molecule has 0 bridgehead atoms. The number of alkyl halides is 1. The summed E-state index contributed by atoms with van der Waals surface area (Å²) in [7, 11) is 0. The lowest BCUT2D eigenvalue weighted by atomic mass is 9.89. The fourth-order valence-electron chi connectivity index (χ4n) is 2.23. The molecular weight excluding hydrogens is 270 g/mol. The van der Waals surface area contributed by atoms with Crippen LogP contribution < -0.4 is 5.32 Å². The molecule has 0 unspecified atom stereocenters. The smallest absolute Gasteiger partial charge is 0.254 e. The van der Waals surface area contributed by atoms with Gasteiger partial charge in [0.1, 0.15) is 0 Å². The maximum atomic E-state index is 11.7. The zero-order valence-electron chi connectivity index (χ0n) is 9.13. The zero-order chi connectivity index (χ0) is 11.4. The van der Waals surface area contributed by atoms with Crippen LogP contribution in [0.1, 0.15) is 36.0 Å². The molecule has 0 aliphatic heterocycles. The Bertz CT molecular complexity index is 344. The van der Waals surface area contributed by atoms with E-state index in [0.29, 0.717) is 5.56 Å². The Balaban J connectivity index is 1.89. The van der Waals surface area contributed by atoms with Crippen LogP contribution in [0.5, 0.6) is 0 Å². The molecule has 0 radical (unpaired) electrons. The number of carbonyl (C=O) groups excluding carboxylic acids is 1. The summed E-state index contributed by atoms with van der Waals surface area (Å²) in [5, 5.41) is 10.4. The molecule has 1 heterocycles. The molecule has 5 heteroatoms.